The lowest BCUT2D eigenvalue weighted by Crippen LogP contribution is -2.10. The predicted molar refractivity (Wildman–Crippen MR) is 88.3 cm³/mol. The highest BCUT2D eigenvalue weighted by molar-refractivity contribution is 5.95. The van der Waals surface area contributed by atoms with E-state index in [0.29, 0.717) is 0 Å². The molecule has 0 aliphatic carbocycles. The van der Waals surface area contributed by atoms with Crippen LogP contribution in [0.3, 0.4) is 0 Å². The molecule has 0 saturated heterocycles. The van der Waals surface area contributed by atoms with Gasteiger partial charge in [-0.25, -0.2) is 0 Å². The van der Waals surface area contributed by atoms with E-state index in [1.807, 2.05) is 19.9 Å². The first-order valence-corrected chi connectivity index (χ1v) is 7.10. The first kappa shape index (κ1) is 13.6. The maximum atomic E-state index is 5.71. The highest BCUT2D eigenvalue weighted by Gasteiger charge is 2.11. The van der Waals surface area contributed by atoms with Gasteiger partial charge in [0, 0.05) is 11.1 Å². The Balaban J connectivity index is 2.18. The molecule has 3 rings (SSSR count). The molecule has 106 valence electrons. The highest BCUT2D eigenvalue weighted by Crippen LogP contribution is 2.29. The van der Waals surface area contributed by atoms with E-state index in [2.05, 4.69) is 47.9 Å². The lowest BCUT2D eigenvalue weighted by Gasteiger charge is -2.14. The van der Waals surface area contributed by atoms with Gasteiger partial charge in [0.25, 0.3) is 0 Å². The molecule has 0 spiro atoms. The number of nitrogens with one attached hydrogen (secondary N) is 1. The van der Waals surface area contributed by atoms with Crippen LogP contribution in [0.25, 0.3) is 10.9 Å². The molecule has 1 heterocycles. The third-order valence-corrected chi connectivity index (χ3v) is 3.97. The highest BCUT2D eigenvalue weighted by atomic mass is 15.2. The fourth-order valence-electron chi connectivity index (χ4n) is 2.70. The van der Waals surface area contributed by atoms with E-state index in [1.54, 1.807) is 0 Å². The number of nitrogen functional groups attached to an aromatic ring is 1. The van der Waals surface area contributed by atoms with Crippen molar-refractivity contribution in [1.29, 1.82) is 0 Å². The van der Waals surface area contributed by atoms with Crippen molar-refractivity contribution in [1.82, 2.24) is 4.98 Å². The average molecular weight is 277 g/mol. The van der Waals surface area contributed by atoms with Crippen molar-refractivity contribution in [2.45, 2.75) is 20.3 Å². The molecule has 0 atom stereocenters. The van der Waals surface area contributed by atoms with Crippen LogP contribution in [0.2, 0.25) is 0 Å². The zero-order valence-corrected chi connectivity index (χ0v) is 12.4. The van der Waals surface area contributed by atoms with Crippen molar-refractivity contribution < 1.29 is 0 Å². The molecule has 0 amide bonds. The normalized spacial score (nSPS) is 10.8. The van der Waals surface area contributed by atoms with Crippen molar-refractivity contribution in [3.05, 3.63) is 70.9 Å². The fourth-order valence-corrected chi connectivity index (χ4v) is 2.70. The Bertz CT molecular complexity index is 779. The molecule has 3 aromatic rings. The number of anilines is 1. The van der Waals surface area contributed by atoms with Crippen LogP contribution in [0.15, 0.2) is 48.5 Å². The topological polar surface area (TPSA) is 50.9 Å². The summed E-state index contributed by atoms with van der Waals surface area (Å²) in [7, 11) is 0. The molecule has 0 unspecified atom stereocenters. The Labute approximate surface area is 124 Å². The number of aromatic nitrogens is 1. The van der Waals surface area contributed by atoms with E-state index in [-0.39, 0.29) is 0 Å². The van der Waals surface area contributed by atoms with E-state index in [9.17, 15) is 0 Å². The van der Waals surface area contributed by atoms with Crippen LogP contribution in [-0.4, -0.2) is 4.98 Å². The van der Waals surface area contributed by atoms with Crippen LogP contribution in [0.4, 0.5) is 5.69 Å². The van der Waals surface area contributed by atoms with Gasteiger partial charge >= 0.3 is 0 Å². The molecule has 0 aliphatic rings. The number of nitrogens with zero attached hydrogens (tertiary/aromatic N) is 1. The summed E-state index contributed by atoms with van der Waals surface area (Å²) in [5.41, 5.74) is 9.43. The number of pyridine rings is 1. The summed E-state index contributed by atoms with van der Waals surface area (Å²) < 4.78 is 0. The molecule has 3 N–H and O–H groups in total. The average Bonchev–Trinajstić information content (AvgIpc) is 2.50. The van der Waals surface area contributed by atoms with Crippen LogP contribution in [-0.2, 0) is 6.42 Å². The molecule has 2 aromatic carbocycles. The summed E-state index contributed by atoms with van der Waals surface area (Å²) in [6.07, 6.45) is 0.873. The number of aryl methyl sites for hydroxylation is 1. The van der Waals surface area contributed by atoms with E-state index >= 15 is 0 Å². The molecular formula is C18H19N3. The van der Waals surface area contributed by atoms with Gasteiger partial charge in [-0.2, -0.15) is 0 Å². The third-order valence-electron chi connectivity index (χ3n) is 3.97. The van der Waals surface area contributed by atoms with E-state index in [1.165, 1.54) is 11.1 Å². The van der Waals surface area contributed by atoms with Gasteiger partial charge in [-0.1, -0.05) is 48.5 Å². The lowest BCUT2D eigenvalue weighted by molar-refractivity contribution is 1.14. The molecule has 0 bridgehead atoms. The van der Waals surface area contributed by atoms with Gasteiger partial charge < -0.3 is 5.43 Å². The minimum Gasteiger partial charge on any atom is -0.323 e. The van der Waals surface area contributed by atoms with Gasteiger partial charge in [-0.3, -0.25) is 10.8 Å². The second-order valence-corrected chi connectivity index (χ2v) is 5.32. The van der Waals surface area contributed by atoms with Crippen molar-refractivity contribution in [2.24, 2.45) is 5.84 Å². The van der Waals surface area contributed by atoms with Gasteiger partial charge in [-0.15, -0.1) is 0 Å². The van der Waals surface area contributed by atoms with Crippen LogP contribution in [0.1, 0.15) is 22.4 Å². The molecule has 3 nitrogen and oxygen atoms in total. The summed E-state index contributed by atoms with van der Waals surface area (Å²) in [6, 6.07) is 16.7. The molecule has 1 aromatic heterocycles. The smallest absolute Gasteiger partial charge is 0.0761 e. The van der Waals surface area contributed by atoms with Gasteiger partial charge in [-0.05, 0) is 37.0 Å². The van der Waals surface area contributed by atoms with Crippen molar-refractivity contribution in [2.75, 3.05) is 5.43 Å². The first-order chi connectivity index (χ1) is 10.2. The van der Waals surface area contributed by atoms with Gasteiger partial charge in [0.15, 0.2) is 0 Å². The Kier molecular flexibility index (Phi) is 3.59. The van der Waals surface area contributed by atoms with Gasteiger partial charge in [0.2, 0.25) is 0 Å². The molecule has 0 radical (unpaired) electrons. The van der Waals surface area contributed by atoms with Gasteiger partial charge in [0.1, 0.15) is 0 Å². The van der Waals surface area contributed by atoms with Crippen LogP contribution in [0, 0.1) is 13.8 Å². The Hall–Kier alpha value is -2.39. The SMILES string of the molecule is Cc1nc2c(Cc3ccccc3)cccc2c(NN)c1C. The minimum absolute atomic E-state index is 0.873. The quantitative estimate of drug-likeness (QED) is 0.566. The molecular weight excluding hydrogens is 258 g/mol. The number of hydrogen-bond acceptors (Lipinski definition) is 3. The standard InChI is InChI=1S/C18H19N3/c1-12-13(2)20-18-15(11-14-7-4-3-5-8-14)9-6-10-16(18)17(12)21-19/h3-10H,11,19H2,1-2H3,(H,20,21). The summed E-state index contributed by atoms with van der Waals surface area (Å²) in [4.78, 5) is 4.78. The molecule has 0 aliphatic heterocycles. The van der Waals surface area contributed by atoms with E-state index < -0.39 is 0 Å². The second-order valence-electron chi connectivity index (χ2n) is 5.32. The maximum Gasteiger partial charge on any atom is 0.0761 e. The number of nitrogens with two attached hydrogens (primary N) is 1. The number of rotatable bonds is 3. The number of hydrogen-bond donors (Lipinski definition) is 2. The zero-order valence-electron chi connectivity index (χ0n) is 12.4. The van der Waals surface area contributed by atoms with E-state index in [4.69, 9.17) is 10.8 Å². The van der Waals surface area contributed by atoms with Crippen molar-refractivity contribution >= 4 is 16.6 Å². The second kappa shape index (κ2) is 5.54. The minimum atomic E-state index is 0.873. The zero-order chi connectivity index (χ0) is 14.8. The van der Waals surface area contributed by atoms with Crippen molar-refractivity contribution in [3.63, 3.8) is 0 Å². The maximum absolute atomic E-state index is 5.71. The Morgan fingerprint density at radius 1 is 1.00 bits per heavy atom. The molecule has 0 fully saturated rings. The largest absolute Gasteiger partial charge is 0.323 e. The Morgan fingerprint density at radius 2 is 1.76 bits per heavy atom. The summed E-state index contributed by atoms with van der Waals surface area (Å²) in [6.45, 7) is 4.07. The summed E-state index contributed by atoms with van der Waals surface area (Å²) in [5.74, 6) is 5.71. The lowest BCUT2D eigenvalue weighted by atomic mass is 9.99. The number of benzene rings is 2. The monoisotopic (exact) mass is 277 g/mol. The summed E-state index contributed by atoms with van der Waals surface area (Å²) in [5, 5.41) is 1.08. The number of para-hydroxylation sites is 1. The fraction of sp³-hybridized carbons (Fsp3) is 0.167. The Morgan fingerprint density at radius 3 is 2.48 bits per heavy atom. The molecule has 21 heavy (non-hydrogen) atoms. The number of fused-ring (bicyclic) bond motifs is 1. The first-order valence-electron chi connectivity index (χ1n) is 7.10. The van der Waals surface area contributed by atoms with Crippen LogP contribution < -0.4 is 11.3 Å². The summed E-state index contributed by atoms with van der Waals surface area (Å²) >= 11 is 0. The van der Waals surface area contributed by atoms with E-state index in [0.717, 1.165) is 34.3 Å². The van der Waals surface area contributed by atoms with Crippen LogP contribution >= 0.6 is 0 Å². The van der Waals surface area contributed by atoms with Crippen molar-refractivity contribution in [3.8, 4) is 0 Å². The van der Waals surface area contributed by atoms with Gasteiger partial charge in [0.05, 0.1) is 11.2 Å². The molecule has 0 saturated carbocycles. The predicted octanol–water partition coefficient (Wildman–Crippen LogP) is 3.73. The molecule has 3 heteroatoms. The van der Waals surface area contributed by atoms with Crippen LogP contribution in [0.5, 0.6) is 0 Å². The third kappa shape index (κ3) is 2.48. The number of hydrazine groups is 1.